The fourth-order valence-electron chi connectivity index (χ4n) is 3.20. The summed E-state index contributed by atoms with van der Waals surface area (Å²) >= 11 is 1.78. The van der Waals surface area contributed by atoms with Crippen molar-refractivity contribution in [2.75, 3.05) is 0 Å². The molecule has 1 nitrogen and oxygen atoms in total. The zero-order chi connectivity index (χ0) is 17.3. The molecule has 0 N–H and O–H groups in total. The maximum absolute atomic E-state index is 5.94. The monoisotopic (exact) mass is 352 g/mol. The molecule has 2 heterocycles. The molecule has 2 heteroatoms. The number of benzene rings is 3. The first kappa shape index (κ1) is 15.2. The first-order valence-corrected chi connectivity index (χ1v) is 9.48. The summed E-state index contributed by atoms with van der Waals surface area (Å²) in [5, 5.41) is 5.96. The lowest BCUT2D eigenvalue weighted by molar-refractivity contribution is 0.631. The van der Waals surface area contributed by atoms with Gasteiger partial charge in [-0.3, -0.25) is 0 Å². The molecule has 26 heavy (non-hydrogen) atoms. The maximum atomic E-state index is 5.94. The van der Waals surface area contributed by atoms with Crippen molar-refractivity contribution in [1.82, 2.24) is 0 Å². The summed E-state index contributed by atoms with van der Waals surface area (Å²) < 4.78 is 5.94. The van der Waals surface area contributed by atoms with Crippen LogP contribution in [0.4, 0.5) is 0 Å². The van der Waals surface area contributed by atoms with E-state index in [1.807, 2.05) is 18.2 Å². The second-order valence-electron chi connectivity index (χ2n) is 6.29. The molecule has 0 radical (unpaired) electrons. The summed E-state index contributed by atoms with van der Waals surface area (Å²) in [6.45, 7) is 0. The molecule has 0 bridgehead atoms. The SMILES string of the molecule is C(=C\c1scc2ccccc12)/c1ccc(-c2cc3ccccc3o2)cc1. The zero-order valence-corrected chi connectivity index (χ0v) is 14.9. The van der Waals surface area contributed by atoms with Crippen molar-refractivity contribution < 1.29 is 4.42 Å². The average Bonchev–Trinajstić information content (AvgIpc) is 3.31. The number of hydrogen-bond acceptors (Lipinski definition) is 2. The van der Waals surface area contributed by atoms with Crippen molar-refractivity contribution in [2.24, 2.45) is 0 Å². The number of para-hydroxylation sites is 1. The van der Waals surface area contributed by atoms with E-state index < -0.39 is 0 Å². The van der Waals surface area contributed by atoms with E-state index in [4.69, 9.17) is 4.42 Å². The molecule has 0 aliphatic carbocycles. The molecule has 5 aromatic rings. The predicted molar refractivity (Wildman–Crippen MR) is 112 cm³/mol. The summed E-state index contributed by atoms with van der Waals surface area (Å²) in [5.41, 5.74) is 3.21. The Morgan fingerprint density at radius 2 is 1.50 bits per heavy atom. The first-order chi connectivity index (χ1) is 12.9. The van der Waals surface area contributed by atoms with E-state index >= 15 is 0 Å². The van der Waals surface area contributed by atoms with Gasteiger partial charge >= 0.3 is 0 Å². The van der Waals surface area contributed by atoms with Gasteiger partial charge in [-0.15, -0.1) is 11.3 Å². The number of rotatable bonds is 3. The standard InChI is InChI=1S/C24H16OS/c1-3-7-21-20(6-1)16-26-24(21)14-11-17-9-12-18(13-10-17)23-15-19-5-2-4-8-22(19)25-23/h1-16H/b14-11+. The summed E-state index contributed by atoms with van der Waals surface area (Å²) in [6, 6.07) is 27.2. The number of furan rings is 1. The van der Waals surface area contributed by atoms with Crippen molar-refractivity contribution in [3.05, 3.63) is 94.7 Å². The van der Waals surface area contributed by atoms with Crippen molar-refractivity contribution in [3.8, 4) is 11.3 Å². The van der Waals surface area contributed by atoms with Gasteiger partial charge in [0.05, 0.1) is 0 Å². The van der Waals surface area contributed by atoms with Crippen LogP contribution < -0.4 is 0 Å². The average molecular weight is 352 g/mol. The third-order valence-electron chi connectivity index (χ3n) is 4.59. The van der Waals surface area contributed by atoms with Gasteiger partial charge in [-0.1, -0.05) is 72.8 Å². The topological polar surface area (TPSA) is 13.1 Å². The Morgan fingerprint density at radius 1 is 0.731 bits per heavy atom. The summed E-state index contributed by atoms with van der Waals surface area (Å²) in [4.78, 5) is 1.29. The Bertz CT molecular complexity index is 1190. The summed E-state index contributed by atoms with van der Waals surface area (Å²) in [7, 11) is 0. The van der Waals surface area contributed by atoms with Crippen LogP contribution in [0.1, 0.15) is 10.4 Å². The third kappa shape index (κ3) is 2.75. The molecule has 0 saturated heterocycles. The second kappa shape index (κ2) is 6.32. The van der Waals surface area contributed by atoms with E-state index in [1.54, 1.807) is 11.3 Å². The molecule has 0 saturated carbocycles. The minimum Gasteiger partial charge on any atom is -0.456 e. The lowest BCUT2D eigenvalue weighted by Gasteiger charge is -1.98. The number of thiophene rings is 1. The molecule has 0 spiro atoms. The summed E-state index contributed by atoms with van der Waals surface area (Å²) in [6.07, 6.45) is 4.36. The van der Waals surface area contributed by atoms with Crippen molar-refractivity contribution >= 4 is 45.2 Å². The molecule has 0 aliphatic rings. The fraction of sp³-hybridized carbons (Fsp3) is 0. The Hall–Kier alpha value is -3.10. The minimum absolute atomic E-state index is 0.908. The van der Waals surface area contributed by atoms with Crippen LogP contribution >= 0.6 is 11.3 Å². The molecule has 0 atom stereocenters. The van der Waals surface area contributed by atoms with E-state index in [9.17, 15) is 0 Å². The largest absolute Gasteiger partial charge is 0.456 e. The quantitative estimate of drug-likeness (QED) is 0.328. The molecule has 0 amide bonds. The molecule has 0 aliphatic heterocycles. The van der Waals surface area contributed by atoms with Gasteiger partial charge in [0.2, 0.25) is 0 Å². The van der Waals surface area contributed by atoms with E-state index in [-0.39, 0.29) is 0 Å². The van der Waals surface area contributed by atoms with E-state index in [0.717, 1.165) is 22.3 Å². The van der Waals surface area contributed by atoms with Crippen LogP contribution in [0.2, 0.25) is 0 Å². The molecule has 3 aromatic carbocycles. The molecule has 2 aromatic heterocycles. The number of fused-ring (bicyclic) bond motifs is 2. The Balaban J connectivity index is 1.42. The van der Waals surface area contributed by atoms with Crippen LogP contribution in [0.25, 0.3) is 45.2 Å². The predicted octanol–water partition coefficient (Wildman–Crippen LogP) is 7.48. The lowest BCUT2D eigenvalue weighted by Crippen LogP contribution is -1.75. The molecular formula is C24H16OS. The van der Waals surface area contributed by atoms with E-state index in [1.165, 1.54) is 21.2 Å². The van der Waals surface area contributed by atoms with E-state index in [2.05, 4.69) is 78.2 Å². The highest BCUT2D eigenvalue weighted by atomic mass is 32.1. The van der Waals surface area contributed by atoms with Crippen LogP contribution in [-0.2, 0) is 0 Å². The van der Waals surface area contributed by atoms with Crippen LogP contribution in [-0.4, -0.2) is 0 Å². The lowest BCUT2D eigenvalue weighted by atomic mass is 10.1. The first-order valence-electron chi connectivity index (χ1n) is 8.60. The Labute approximate surface area is 155 Å². The van der Waals surface area contributed by atoms with Gasteiger partial charge in [0.25, 0.3) is 0 Å². The van der Waals surface area contributed by atoms with Crippen LogP contribution in [0.5, 0.6) is 0 Å². The van der Waals surface area contributed by atoms with Crippen LogP contribution in [0.3, 0.4) is 0 Å². The van der Waals surface area contributed by atoms with E-state index in [0.29, 0.717) is 0 Å². The number of hydrogen-bond donors (Lipinski definition) is 0. The molecular weight excluding hydrogens is 336 g/mol. The zero-order valence-electron chi connectivity index (χ0n) is 14.1. The fourth-order valence-corrected chi connectivity index (χ4v) is 4.12. The van der Waals surface area contributed by atoms with Crippen LogP contribution in [0.15, 0.2) is 88.7 Å². The van der Waals surface area contributed by atoms with Gasteiger partial charge in [-0.2, -0.15) is 0 Å². The molecule has 5 rings (SSSR count). The maximum Gasteiger partial charge on any atom is 0.135 e. The van der Waals surface area contributed by atoms with Crippen molar-refractivity contribution in [1.29, 1.82) is 0 Å². The Morgan fingerprint density at radius 3 is 2.35 bits per heavy atom. The van der Waals surface area contributed by atoms with Crippen molar-refractivity contribution in [2.45, 2.75) is 0 Å². The van der Waals surface area contributed by atoms with Gasteiger partial charge in [0, 0.05) is 15.8 Å². The van der Waals surface area contributed by atoms with Gasteiger partial charge in [0.1, 0.15) is 11.3 Å². The highest BCUT2D eigenvalue weighted by Crippen LogP contribution is 2.29. The van der Waals surface area contributed by atoms with Crippen LogP contribution in [0, 0.1) is 0 Å². The van der Waals surface area contributed by atoms with Crippen molar-refractivity contribution in [3.63, 3.8) is 0 Å². The normalized spacial score (nSPS) is 11.7. The molecule has 124 valence electrons. The molecule has 0 unspecified atom stereocenters. The second-order valence-corrected chi connectivity index (χ2v) is 7.20. The van der Waals surface area contributed by atoms with Gasteiger partial charge in [-0.05, 0) is 39.9 Å². The minimum atomic E-state index is 0.908. The smallest absolute Gasteiger partial charge is 0.135 e. The van der Waals surface area contributed by atoms with Gasteiger partial charge in [0.15, 0.2) is 0 Å². The molecule has 0 fully saturated rings. The highest BCUT2D eigenvalue weighted by molar-refractivity contribution is 7.12. The third-order valence-corrected chi connectivity index (χ3v) is 5.57. The Kier molecular flexibility index (Phi) is 3.69. The highest BCUT2D eigenvalue weighted by Gasteiger charge is 2.05. The summed E-state index contributed by atoms with van der Waals surface area (Å²) in [5.74, 6) is 0.908. The van der Waals surface area contributed by atoms with Gasteiger partial charge < -0.3 is 4.42 Å². The van der Waals surface area contributed by atoms with Gasteiger partial charge in [-0.25, -0.2) is 0 Å².